The number of imidazole rings is 1. The maximum atomic E-state index is 12.5. The molecule has 10 heteroatoms. The Bertz CT molecular complexity index is 621. The summed E-state index contributed by atoms with van der Waals surface area (Å²) in [4.78, 5) is 12.3. The minimum atomic E-state index is -4.12. The normalized spacial score (nSPS) is 27.0. The van der Waals surface area contributed by atoms with Gasteiger partial charge in [0.25, 0.3) is 0 Å². The molecule has 6 nitrogen and oxygen atoms in total. The molecule has 0 spiro atoms. The fourth-order valence-electron chi connectivity index (χ4n) is 4.14. The fraction of sp³-hybridized carbons (Fsp3) is 0.778. The first-order valence-corrected chi connectivity index (χ1v) is 9.58. The summed E-state index contributed by atoms with van der Waals surface area (Å²) in [6.45, 7) is 4.87. The standard InChI is InChI=1S/C18H29F3N6.HI/c1-14-3-7-26(11-16(14)27-8-5-23-13-27)17(22-2)24-9-15-4-6-25(10-15)12-18(19,20)21;/h5,8,13-16H,3-4,6-7,9-12H2,1-2H3,(H,22,24);1H. The highest BCUT2D eigenvalue weighted by molar-refractivity contribution is 14.0. The van der Waals surface area contributed by atoms with E-state index in [1.165, 1.54) is 4.90 Å². The largest absolute Gasteiger partial charge is 0.401 e. The maximum Gasteiger partial charge on any atom is 0.401 e. The molecule has 3 unspecified atom stereocenters. The molecule has 0 aromatic carbocycles. The van der Waals surface area contributed by atoms with Gasteiger partial charge in [-0.1, -0.05) is 6.92 Å². The van der Waals surface area contributed by atoms with E-state index >= 15 is 0 Å². The number of rotatable bonds is 4. The number of piperidine rings is 1. The van der Waals surface area contributed by atoms with Gasteiger partial charge < -0.3 is 14.8 Å². The first-order valence-electron chi connectivity index (χ1n) is 9.58. The number of alkyl halides is 3. The number of nitrogens with one attached hydrogen (secondary N) is 1. The summed E-state index contributed by atoms with van der Waals surface area (Å²) in [5.41, 5.74) is 0. The van der Waals surface area contributed by atoms with Crippen LogP contribution in [0.5, 0.6) is 0 Å². The van der Waals surface area contributed by atoms with Crippen molar-refractivity contribution in [2.45, 2.75) is 32.0 Å². The molecule has 3 rings (SSSR count). The number of hydrogen-bond acceptors (Lipinski definition) is 3. The molecule has 0 bridgehead atoms. The van der Waals surface area contributed by atoms with Crippen LogP contribution in [0.1, 0.15) is 25.8 Å². The Morgan fingerprint density at radius 2 is 2.04 bits per heavy atom. The molecule has 28 heavy (non-hydrogen) atoms. The predicted molar refractivity (Wildman–Crippen MR) is 114 cm³/mol. The van der Waals surface area contributed by atoms with E-state index < -0.39 is 12.7 Å². The second-order valence-electron chi connectivity index (χ2n) is 7.72. The van der Waals surface area contributed by atoms with Gasteiger partial charge in [-0.2, -0.15) is 13.2 Å². The fourth-order valence-corrected chi connectivity index (χ4v) is 4.14. The Hall–Kier alpha value is -1.04. The zero-order chi connectivity index (χ0) is 19.4. The van der Waals surface area contributed by atoms with Crippen LogP contribution >= 0.6 is 24.0 Å². The molecule has 1 N–H and O–H groups in total. The lowest BCUT2D eigenvalue weighted by atomic mass is 9.93. The van der Waals surface area contributed by atoms with Crippen molar-refractivity contribution < 1.29 is 13.2 Å². The topological polar surface area (TPSA) is 48.7 Å². The molecular weight excluding hydrogens is 484 g/mol. The highest BCUT2D eigenvalue weighted by Crippen LogP contribution is 2.27. The van der Waals surface area contributed by atoms with Crippen LogP contribution in [0.2, 0.25) is 0 Å². The quantitative estimate of drug-likeness (QED) is 0.382. The van der Waals surface area contributed by atoms with Crippen LogP contribution in [-0.4, -0.2) is 77.8 Å². The van der Waals surface area contributed by atoms with E-state index in [2.05, 4.69) is 31.7 Å². The Labute approximate surface area is 181 Å². The van der Waals surface area contributed by atoms with Gasteiger partial charge in [0.15, 0.2) is 5.96 Å². The molecule has 160 valence electrons. The molecule has 0 aliphatic carbocycles. The SMILES string of the molecule is CN=C(NCC1CCN(CC(F)(F)F)C1)N1CCC(C)C(n2ccnc2)C1.I. The lowest BCUT2D eigenvalue weighted by Gasteiger charge is -2.39. The number of hydrogen-bond donors (Lipinski definition) is 1. The Morgan fingerprint density at radius 3 is 2.68 bits per heavy atom. The molecule has 3 atom stereocenters. The minimum Gasteiger partial charge on any atom is -0.356 e. The predicted octanol–water partition coefficient (Wildman–Crippen LogP) is 2.84. The van der Waals surface area contributed by atoms with E-state index in [1.54, 1.807) is 13.2 Å². The highest BCUT2D eigenvalue weighted by Gasteiger charge is 2.34. The molecule has 2 aliphatic rings. The minimum absolute atomic E-state index is 0. The van der Waals surface area contributed by atoms with E-state index in [9.17, 15) is 13.2 Å². The smallest absolute Gasteiger partial charge is 0.356 e. The molecule has 1 aromatic rings. The third kappa shape index (κ3) is 6.23. The molecule has 0 amide bonds. The maximum absolute atomic E-state index is 12.5. The van der Waals surface area contributed by atoms with E-state index in [0.717, 1.165) is 31.9 Å². The average molecular weight is 514 g/mol. The van der Waals surface area contributed by atoms with Crippen LogP contribution in [0.4, 0.5) is 13.2 Å². The lowest BCUT2D eigenvalue weighted by Crippen LogP contribution is -2.49. The number of aromatic nitrogens is 2. The molecule has 2 saturated heterocycles. The van der Waals surface area contributed by atoms with Crippen LogP contribution in [0.25, 0.3) is 0 Å². The summed E-state index contributed by atoms with van der Waals surface area (Å²) in [6.07, 6.45) is 3.38. The third-order valence-corrected chi connectivity index (χ3v) is 5.66. The van der Waals surface area contributed by atoms with E-state index in [1.807, 2.05) is 12.5 Å². The number of halogens is 4. The monoisotopic (exact) mass is 514 g/mol. The van der Waals surface area contributed by atoms with Crippen molar-refractivity contribution in [1.82, 2.24) is 24.7 Å². The van der Waals surface area contributed by atoms with Crippen molar-refractivity contribution in [2.75, 3.05) is 46.3 Å². The Kier molecular flexibility index (Phi) is 8.41. The number of nitrogens with zero attached hydrogens (tertiary/aromatic N) is 5. The molecule has 3 heterocycles. The number of likely N-dealkylation sites (tertiary alicyclic amines) is 2. The number of guanidine groups is 1. The zero-order valence-corrected chi connectivity index (χ0v) is 18.7. The van der Waals surface area contributed by atoms with Crippen molar-refractivity contribution in [3.8, 4) is 0 Å². The van der Waals surface area contributed by atoms with Gasteiger partial charge in [0.1, 0.15) is 0 Å². The molecular formula is C18H30F3IN6. The third-order valence-electron chi connectivity index (χ3n) is 5.66. The summed E-state index contributed by atoms with van der Waals surface area (Å²) in [7, 11) is 1.76. The van der Waals surface area contributed by atoms with Crippen LogP contribution in [0, 0.1) is 11.8 Å². The van der Waals surface area contributed by atoms with E-state index in [4.69, 9.17) is 0 Å². The van der Waals surface area contributed by atoms with E-state index in [-0.39, 0.29) is 29.9 Å². The van der Waals surface area contributed by atoms with Crippen LogP contribution in [0.15, 0.2) is 23.7 Å². The molecule has 0 radical (unpaired) electrons. The Balaban J connectivity index is 0.00000280. The van der Waals surface area contributed by atoms with Crippen molar-refractivity contribution >= 4 is 29.9 Å². The van der Waals surface area contributed by atoms with Gasteiger partial charge >= 0.3 is 6.18 Å². The molecule has 1 aromatic heterocycles. The van der Waals surface area contributed by atoms with Crippen LogP contribution in [-0.2, 0) is 0 Å². The summed E-state index contributed by atoms with van der Waals surface area (Å²) in [5.74, 6) is 1.61. The second kappa shape index (κ2) is 10.1. The number of aliphatic imine (C=N–C) groups is 1. The highest BCUT2D eigenvalue weighted by atomic mass is 127. The summed E-state index contributed by atoms with van der Waals surface area (Å²) < 4.78 is 39.8. The molecule has 2 fully saturated rings. The first-order chi connectivity index (χ1) is 12.9. The summed E-state index contributed by atoms with van der Waals surface area (Å²) in [5, 5.41) is 3.39. The van der Waals surface area contributed by atoms with E-state index in [0.29, 0.717) is 31.6 Å². The summed E-state index contributed by atoms with van der Waals surface area (Å²) in [6, 6.07) is 0.341. The van der Waals surface area contributed by atoms with Gasteiger partial charge in [0.2, 0.25) is 0 Å². The van der Waals surface area contributed by atoms with Gasteiger partial charge in [-0.15, -0.1) is 24.0 Å². The zero-order valence-electron chi connectivity index (χ0n) is 16.4. The van der Waals surface area contributed by atoms with Crippen LogP contribution < -0.4 is 5.32 Å². The van der Waals surface area contributed by atoms with Crippen molar-refractivity contribution in [3.63, 3.8) is 0 Å². The molecule has 0 saturated carbocycles. The van der Waals surface area contributed by atoms with Gasteiger partial charge in [-0.3, -0.25) is 9.89 Å². The van der Waals surface area contributed by atoms with Crippen molar-refractivity contribution in [1.29, 1.82) is 0 Å². The average Bonchev–Trinajstić information content (AvgIpc) is 3.27. The van der Waals surface area contributed by atoms with Gasteiger partial charge in [0, 0.05) is 45.6 Å². The van der Waals surface area contributed by atoms with Crippen molar-refractivity contribution in [3.05, 3.63) is 18.7 Å². The van der Waals surface area contributed by atoms with Crippen molar-refractivity contribution in [2.24, 2.45) is 16.8 Å². The van der Waals surface area contributed by atoms with Gasteiger partial charge in [-0.05, 0) is 31.2 Å². The van der Waals surface area contributed by atoms with Gasteiger partial charge in [-0.25, -0.2) is 4.98 Å². The van der Waals surface area contributed by atoms with Crippen LogP contribution in [0.3, 0.4) is 0 Å². The second-order valence-corrected chi connectivity index (χ2v) is 7.72. The first kappa shape index (κ1) is 23.2. The lowest BCUT2D eigenvalue weighted by molar-refractivity contribution is -0.143. The van der Waals surface area contributed by atoms with Gasteiger partial charge in [0.05, 0.1) is 18.9 Å². The summed E-state index contributed by atoms with van der Waals surface area (Å²) >= 11 is 0. The molecule has 2 aliphatic heterocycles. The Morgan fingerprint density at radius 1 is 1.25 bits per heavy atom.